The lowest BCUT2D eigenvalue weighted by atomic mass is 10.1. The second kappa shape index (κ2) is 10.7. The summed E-state index contributed by atoms with van der Waals surface area (Å²) >= 11 is 0. The summed E-state index contributed by atoms with van der Waals surface area (Å²) in [6.07, 6.45) is -1.09. The molecule has 0 amide bonds. The molecular weight excluding hydrogens is 416 g/mol. The van der Waals surface area contributed by atoms with Gasteiger partial charge in [-0.25, -0.2) is 22.6 Å². The van der Waals surface area contributed by atoms with Gasteiger partial charge in [-0.05, 0) is 24.6 Å². The molecule has 2 aromatic rings. The van der Waals surface area contributed by atoms with Crippen LogP contribution in [0, 0.1) is 23.3 Å². The smallest absolute Gasteiger partial charge is 0.387 e. The molecule has 3 N–H and O–H groups in total. The van der Waals surface area contributed by atoms with Gasteiger partial charge in [0, 0.05) is 19.2 Å². The second-order valence-corrected chi connectivity index (χ2v) is 5.99. The molecule has 0 radical (unpaired) electrons. The highest BCUT2D eigenvalue weighted by atomic mass is 19.3. The van der Waals surface area contributed by atoms with E-state index < -0.39 is 48.1 Å². The van der Waals surface area contributed by atoms with Gasteiger partial charge in [-0.15, -0.1) is 0 Å². The Kier molecular flexibility index (Phi) is 8.34. The van der Waals surface area contributed by atoms with Gasteiger partial charge in [0.25, 0.3) is 0 Å². The van der Waals surface area contributed by atoms with Crippen LogP contribution in [-0.4, -0.2) is 30.8 Å². The molecule has 0 saturated carbocycles. The Morgan fingerprint density at radius 1 is 1.03 bits per heavy atom. The Bertz CT molecular complexity index is 851. The third kappa shape index (κ3) is 6.28. The van der Waals surface area contributed by atoms with Crippen molar-refractivity contribution >= 4 is 5.96 Å². The fourth-order valence-corrected chi connectivity index (χ4v) is 2.44. The average molecular weight is 435 g/mol. The molecule has 0 heterocycles. The van der Waals surface area contributed by atoms with Gasteiger partial charge in [0.2, 0.25) is 0 Å². The van der Waals surface area contributed by atoms with Gasteiger partial charge in [0.1, 0.15) is 5.75 Å². The van der Waals surface area contributed by atoms with Crippen LogP contribution in [0.25, 0.3) is 0 Å². The number of nitrogens with zero attached hydrogens (tertiary/aromatic N) is 1. The summed E-state index contributed by atoms with van der Waals surface area (Å²) in [5.74, 6) is -6.20. The Balaban J connectivity index is 2.05. The van der Waals surface area contributed by atoms with Crippen molar-refractivity contribution < 1.29 is 36.2 Å². The second-order valence-electron chi connectivity index (χ2n) is 5.99. The Morgan fingerprint density at radius 3 is 2.17 bits per heavy atom. The van der Waals surface area contributed by atoms with Crippen LogP contribution in [0.2, 0.25) is 0 Å². The quantitative estimate of drug-likeness (QED) is 0.257. The summed E-state index contributed by atoms with van der Waals surface area (Å²) in [6.45, 7) is -1.72. The van der Waals surface area contributed by atoms with Crippen LogP contribution >= 0.6 is 0 Å². The zero-order chi connectivity index (χ0) is 22.3. The normalized spacial score (nSPS) is 12.8. The van der Waals surface area contributed by atoms with Crippen LogP contribution in [0.15, 0.2) is 35.3 Å². The summed E-state index contributed by atoms with van der Waals surface area (Å²) < 4.78 is 82.6. The van der Waals surface area contributed by atoms with Gasteiger partial charge in [-0.2, -0.15) is 8.78 Å². The van der Waals surface area contributed by atoms with Gasteiger partial charge < -0.3 is 20.5 Å². The third-order valence-corrected chi connectivity index (χ3v) is 3.90. The lowest BCUT2D eigenvalue weighted by molar-refractivity contribution is -0.0498. The number of ether oxygens (including phenoxy) is 1. The number of benzene rings is 2. The van der Waals surface area contributed by atoms with Gasteiger partial charge in [-0.1, -0.05) is 12.1 Å². The summed E-state index contributed by atoms with van der Waals surface area (Å²) in [7, 11) is 0. The fourth-order valence-electron chi connectivity index (χ4n) is 2.44. The number of hydrogen-bond acceptors (Lipinski definition) is 3. The summed E-state index contributed by atoms with van der Waals surface area (Å²) in [5.41, 5.74) is -0.496. The maximum absolute atomic E-state index is 13.7. The van der Waals surface area contributed by atoms with E-state index in [0.29, 0.717) is 12.1 Å². The van der Waals surface area contributed by atoms with Gasteiger partial charge >= 0.3 is 6.61 Å². The summed E-state index contributed by atoms with van der Waals surface area (Å²) in [6, 6.07) is 5.39. The lowest BCUT2D eigenvalue weighted by Crippen LogP contribution is -2.39. The van der Waals surface area contributed by atoms with Crippen LogP contribution in [-0.2, 0) is 6.54 Å². The van der Waals surface area contributed by atoms with E-state index in [2.05, 4.69) is 20.4 Å². The van der Waals surface area contributed by atoms with E-state index in [1.54, 1.807) is 6.92 Å². The number of aliphatic hydroxyl groups excluding tert-OH is 1. The van der Waals surface area contributed by atoms with Crippen molar-refractivity contribution in [1.29, 1.82) is 0 Å². The van der Waals surface area contributed by atoms with Crippen molar-refractivity contribution in [2.75, 3.05) is 13.1 Å². The number of halogens is 6. The monoisotopic (exact) mass is 435 g/mol. The first-order valence-electron chi connectivity index (χ1n) is 8.79. The van der Waals surface area contributed by atoms with Crippen molar-refractivity contribution in [3.63, 3.8) is 0 Å². The zero-order valence-corrected chi connectivity index (χ0v) is 15.7. The number of rotatable bonds is 8. The fraction of sp³-hybridized carbons (Fsp3) is 0.316. The van der Waals surface area contributed by atoms with Crippen LogP contribution in [0.3, 0.4) is 0 Å². The van der Waals surface area contributed by atoms with Crippen LogP contribution in [0.4, 0.5) is 26.3 Å². The number of guanidine groups is 1. The highest BCUT2D eigenvalue weighted by Gasteiger charge is 2.19. The molecule has 2 rings (SSSR count). The van der Waals surface area contributed by atoms with Crippen molar-refractivity contribution in [1.82, 2.24) is 10.6 Å². The largest absolute Gasteiger partial charge is 0.435 e. The highest BCUT2D eigenvalue weighted by Crippen LogP contribution is 2.21. The zero-order valence-electron chi connectivity index (χ0n) is 15.7. The van der Waals surface area contributed by atoms with Crippen LogP contribution in [0.5, 0.6) is 5.75 Å². The van der Waals surface area contributed by atoms with Crippen LogP contribution in [0.1, 0.15) is 24.2 Å². The highest BCUT2D eigenvalue weighted by molar-refractivity contribution is 5.79. The van der Waals surface area contributed by atoms with Gasteiger partial charge in [-0.3, -0.25) is 0 Å². The molecule has 1 atom stereocenters. The number of aliphatic hydroxyl groups is 1. The minimum absolute atomic E-state index is 0.0256. The predicted molar refractivity (Wildman–Crippen MR) is 97.1 cm³/mol. The average Bonchev–Trinajstić information content (AvgIpc) is 2.70. The SMILES string of the molecule is CCNC(=NCc1c(F)c(F)cc(F)c1F)NCC(O)c1ccc(OC(F)F)cc1. The topological polar surface area (TPSA) is 65.9 Å². The molecule has 0 fully saturated rings. The molecule has 0 saturated heterocycles. The number of nitrogens with one attached hydrogen (secondary N) is 2. The number of hydrogen-bond donors (Lipinski definition) is 3. The first-order chi connectivity index (χ1) is 14.2. The van der Waals surface area contributed by atoms with Gasteiger partial charge in [0.05, 0.1) is 18.2 Å². The van der Waals surface area contributed by atoms with E-state index in [-0.39, 0.29) is 24.3 Å². The molecule has 0 aliphatic heterocycles. The minimum atomic E-state index is -2.97. The first kappa shape index (κ1) is 23.3. The molecule has 30 heavy (non-hydrogen) atoms. The van der Waals surface area contributed by atoms with E-state index in [9.17, 15) is 31.4 Å². The third-order valence-electron chi connectivity index (χ3n) is 3.90. The molecule has 164 valence electrons. The molecule has 0 aromatic heterocycles. The Morgan fingerprint density at radius 2 is 1.63 bits per heavy atom. The molecule has 5 nitrogen and oxygen atoms in total. The van der Waals surface area contributed by atoms with Crippen molar-refractivity contribution in [2.24, 2.45) is 4.99 Å². The van der Waals surface area contributed by atoms with E-state index in [4.69, 9.17) is 0 Å². The Labute approximate surface area is 168 Å². The molecule has 1 unspecified atom stereocenters. The standard InChI is InChI=1S/C19H19F6N3O2/c1-2-26-19(27-8-12-16(22)13(20)7-14(21)17(12)23)28-9-15(29)10-3-5-11(6-4-10)30-18(24)25/h3-7,15,18,29H,2,8-9H2,1H3,(H2,26,27,28). The molecular formula is C19H19F6N3O2. The summed E-state index contributed by atoms with van der Waals surface area (Å²) in [4.78, 5) is 3.87. The van der Waals surface area contributed by atoms with E-state index in [0.717, 1.165) is 0 Å². The number of aliphatic imine (C=N–C) groups is 1. The van der Waals surface area contributed by atoms with Crippen molar-refractivity contribution in [2.45, 2.75) is 26.2 Å². The maximum atomic E-state index is 13.7. The van der Waals surface area contributed by atoms with E-state index in [1.807, 2.05) is 0 Å². The van der Waals surface area contributed by atoms with E-state index >= 15 is 0 Å². The molecule has 0 bridgehead atoms. The minimum Gasteiger partial charge on any atom is -0.435 e. The van der Waals surface area contributed by atoms with Crippen molar-refractivity contribution in [3.8, 4) is 5.75 Å². The molecule has 11 heteroatoms. The van der Waals surface area contributed by atoms with Crippen LogP contribution < -0.4 is 15.4 Å². The molecule has 2 aromatic carbocycles. The lowest BCUT2D eigenvalue weighted by Gasteiger charge is -2.16. The summed E-state index contributed by atoms with van der Waals surface area (Å²) in [5, 5.41) is 15.7. The van der Waals surface area contributed by atoms with Gasteiger partial charge in [0.15, 0.2) is 29.2 Å². The van der Waals surface area contributed by atoms with E-state index in [1.165, 1.54) is 24.3 Å². The molecule has 0 aliphatic carbocycles. The molecule has 0 spiro atoms. The first-order valence-corrected chi connectivity index (χ1v) is 8.79. The predicted octanol–water partition coefficient (Wildman–Crippen LogP) is 3.63. The van der Waals surface area contributed by atoms with Crippen molar-refractivity contribution in [3.05, 3.63) is 64.7 Å². The molecule has 0 aliphatic rings. The Hall–Kier alpha value is -2.95. The number of alkyl halides is 2. The maximum Gasteiger partial charge on any atom is 0.387 e.